The fourth-order valence-corrected chi connectivity index (χ4v) is 3.75. The second-order valence-electron chi connectivity index (χ2n) is 7.08. The summed E-state index contributed by atoms with van der Waals surface area (Å²) in [5, 5.41) is 0. The van der Waals surface area contributed by atoms with Crippen LogP contribution in [0.2, 0.25) is 0 Å². The van der Waals surface area contributed by atoms with Crippen molar-refractivity contribution in [3.8, 4) is 0 Å². The Hall–Kier alpha value is -0.120. The van der Waals surface area contributed by atoms with Gasteiger partial charge in [-0.25, -0.2) is 0 Å². The van der Waals surface area contributed by atoms with Crippen LogP contribution in [-0.4, -0.2) is 18.8 Å². The van der Waals surface area contributed by atoms with Gasteiger partial charge in [0.05, 0.1) is 11.6 Å². The zero-order chi connectivity index (χ0) is 15.6. The highest BCUT2D eigenvalue weighted by Crippen LogP contribution is 2.38. The number of methoxy groups -OCH3 is 1. The van der Waals surface area contributed by atoms with Crippen LogP contribution in [0.1, 0.15) is 90.9 Å². The number of hydrogen-bond acceptors (Lipinski definition) is 3. The Morgan fingerprint density at radius 2 is 1.67 bits per heavy atom. The van der Waals surface area contributed by atoms with E-state index in [2.05, 4.69) is 19.3 Å². The Morgan fingerprint density at radius 1 is 1.10 bits per heavy atom. The minimum absolute atomic E-state index is 0.0243. The first-order chi connectivity index (χ1) is 10.2. The molecule has 126 valence electrons. The minimum atomic E-state index is -0.0243. The SMILES string of the molecule is CCCCCCCCCC(NN)C1(OC)CCC(C)CC1. The van der Waals surface area contributed by atoms with Gasteiger partial charge in [-0.3, -0.25) is 11.3 Å². The third-order valence-electron chi connectivity index (χ3n) is 5.46. The fourth-order valence-electron chi connectivity index (χ4n) is 3.75. The second kappa shape index (κ2) is 10.6. The first-order valence-electron chi connectivity index (χ1n) is 9.19. The van der Waals surface area contributed by atoms with Crippen molar-refractivity contribution in [2.45, 2.75) is 103 Å². The molecule has 0 saturated heterocycles. The van der Waals surface area contributed by atoms with E-state index in [1.165, 1.54) is 57.8 Å². The first-order valence-corrected chi connectivity index (χ1v) is 9.19. The molecule has 3 nitrogen and oxygen atoms in total. The van der Waals surface area contributed by atoms with Crippen LogP contribution in [0, 0.1) is 5.92 Å². The molecule has 1 saturated carbocycles. The number of nitrogens with two attached hydrogens (primary N) is 1. The van der Waals surface area contributed by atoms with Crippen molar-refractivity contribution in [1.29, 1.82) is 0 Å². The summed E-state index contributed by atoms with van der Waals surface area (Å²) in [4.78, 5) is 0. The highest BCUT2D eigenvalue weighted by atomic mass is 16.5. The summed E-state index contributed by atoms with van der Waals surface area (Å²) < 4.78 is 5.95. The molecule has 0 spiro atoms. The van der Waals surface area contributed by atoms with Crippen LogP contribution in [0.5, 0.6) is 0 Å². The average molecular weight is 299 g/mol. The standard InChI is InChI=1S/C18H38N2O/c1-4-5-6-7-8-9-10-11-17(20-19)18(21-3)14-12-16(2)13-15-18/h16-17,20H,4-15,19H2,1-3H3. The van der Waals surface area contributed by atoms with Crippen molar-refractivity contribution in [3.05, 3.63) is 0 Å². The van der Waals surface area contributed by atoms with Crippen LogP contribution in [0.3, 0.4) is 0 Å². The summed E-state index contributed by atoms with van der Waals surface area (Å²) >= 11 is 0. The molecule has 1 unspecified atom stereocenters. The van der Waals surface area contributed by atoms with Gasteiger partial charge < -0.3 is 4.74 Å². The highest BCUT2D eigenvalue weighted by Gasteiger charge is 2.40. The molecule has 0 heterocycles. The monoisotopic (exact) mass is 298 g/mol. The van der Waals surface area contributed by atoms with E-state index in [0.717, 1.165) is 25.2 Å². The van der Waals surface area contributed by atoms with E-state index in [1.807, 2.05) is 7.11 Å². The normalized spacial score (nSPS) is 27.7. The zero-order valence-electron chi connectivity index (χ0n) is 14.6. The maximum Gasteiger partial charge on any atom is 0.0844 e. The van der Waals surface area contributed by atoms with E-state index in [4.69, 9.17) is 10.6 Å². The molecule has 1 atom stereocenters. The van der Waals surface area contributed by atoms with Crippen molar-refractivity contribution >= 4 is 0 Å². The maximum absolute atomic E-state index is 5.95. The molecule has 1 aliphatic rings. The van der Waals surface area contributed by atoms with Crippen LogP contribution in [0.4, 0.5) is 0 Å². The summed E-state index contributed by atoms with van der Waals surface area (Å²) in [6, 6.07) is 0.311. The lowest BCUT2D eigenvalue weighted by atomic mass is 9.74. The Bertz CT molecular complexity index is 250. The lowest BCUT2D eigenvalue weighted by Gasteiger charge is -2.44. The molecular formula is C18H38N2O. The van der Waals surface area contributed by atoms with Gasteiger partial charge in [-0.05, 0) is 38.0 Å². The molecule has 0 aromatic rings. The number of unbranched alkanes of at least 4 members (excludes halogenated alkanes) is 6. The van der Waals surface area contributed by atoms with E-state index < -0.39 is 0 Å². The van der Waals surface area contributed by atoms with Crippen molar-refractivity contribution in [2.75, 3.05) is 7.11 Å². The summed E-state index contributed by atoms with van der Waals surface area (Å²) in [6.07, 6.45) is 15.4. The van der Waals surface area contributed by atoms with Crippen molar-refractivity contribution < 1.29 is 4.74 Å². The van der Waals surface area contributed by atoms with Crippen LogP contribution < -0.4 is 11.3 Å². The molecule has 0 bridgehead atoms. The van der Waals surface area contributed by atoms with Crippen LogP contribution >= 0.6 is 0 Å². The van der Waals surface area contributed by atoms with Gasteiger partial charge in [0.2, 0.25) is 0 Å². The summed E-state index contributed by atoms with van der Waals surface area (Å²) in [5.74, 6) is 6.69. The molecule has 3 N–H and O–H groups in total. The Kier molecular flexibility index (Phi) is 9.54. The second-order valence-corrected chi connectivity index (χ2v) is 7.08. The smallest absolute Gasteiger partial charge is 0.0844 e. The molecule has 0 aromatic carbocycles. The van der Waals surface area contributed by atoms with Crippen LogP contribution in [0.15, 0.2) is 0 Å². The summed E-state index contributed by atoms with van der Waals surface area (Å²) in [6.45, 7) is 4.62. The quantitative estimate of drug-likeness (QED) is 0.334. The molecule has 1 rings (SSSR count). The Morgan fingerprint density at radius 3 is 2.19 bits per heavy atom. The van der Waals surface area contributed by atoms with Crippen molar-refractivity contribution in [2.24, 2.45) is 11.8 Å². The number of rotatable bonds is 11. The number of hydrazine groups is 1. The van der Waals surface area contributed by atoms with E-state index in [0.29, 0.717) is 6.04 Å². The molecule has 0 amide bonds. The fraction of sp³-hybridized carbons (Fsp3) is 1.00. The van der Waals surface area contributed by atoms with Crippen molar-refractivity contribution in [3.63, 3.8) is 0 Å². The molecule has 21 heavy (non-hydrogen) atoms. The topological polar surface area (TPSA) is 47.3 Å². The zero-order valence-corrected chi connectivity index (χ0v) is 14.6. The first kappa shape index (κ1) is 18.9. The van der Waals surface area contributed by atoms with Gasteiger partial charge >= 0.3 is 0 Å². The Labute approximate surface area is 132 Å². The molecule has 1 fully saturated rings. The van der Waals surface area contributed by atoms with Gasteiger partial charge in [-0.1, -0.05) is 58.8 Å². The van der Waals surface area contributed by atoms with Crippen molar-refractivity contribution in [1.82, 2.24) is 5.43 Å². The predicted molar refractivity (Wildman–Crippen MR) is 91.1 cm³/mol. The van der Waals surface area contributed by atoms with Gasteiger partial charge in [0.15, 0.2) is 0 Å². The van der Waals surface area contributed by atoms with E-state index in [-0.39, 0.29) is 5.60 Å². The third-order valence-corrected chi connectivity index (χ3v) is 5.46. The van der Waals surface area contributed by atoms with Crippen LogP contribution in [0.25, 0.3) is 0 Å². The highest BCUT2D eigenvalue weighted by molar-refractivity contribution is 4.95. The minimum Gasteiger partial charge on any atom is -0.377 e. The number of nitrogens with one attached hydrogen (secondary N) is 1. The number of ether oxygens (including phenoxy) is 1. The van der Waals surface area contributed by atoms with E-state index in [9.17, 15) is 0 Å². The average Bonchev–Trinajstić information content (AvgIpc) is 2.52. The maximum atomic E-state index is 5.95. The summed E-state index contributed by atoms with van der Waals surface area (Å²) in [7, 11) is 1.87. The van der Waals surface area contributed by atoms with Gasteiger partial charge in [-0.15, -0.1) is 0 Å². The molecule has 0 aromatic heterocycles. The van der Waals surface area contributed by atoms with Gasteiger partial charge in [0.25, 0.3) is 0 Å². The molecule has 0 aliphatic heterocycles. The lowest BCUT2D eigenvalue weighted by molar-refractivity contribution is -0.0770. The predicted octanol–water partition coefficient (Wildman–Crippen LogP) is 4.55. The summed E-state index contributed by atoms with van der Waals surface area (Å²) in [5.41, 5.74) is 3.04. The molecule has 0 radical (unpaired) electrons. The van der Waals surface area contributed by atoms with Gasteiger partial charge in [0.1, 0.15) is 0 Å². The van der Waals surface area contributed by atoms with E-state index >= 15 is 0 Å². The number of hydrogen-bond donors (Lipinski definition) is 2. The Balaban J connectivity index is 2.29. The lowest BCUT2D eigenvalue weighted by Crippen LogP contribution is -2.56. The van der Waals surface area contributed by atoms with Gasteiger partial charge in [0, 0.05) is 7.11 Å². The third kappa shape index (κ3) is 6.25. The molecular weight excluding hydrogens is 260 g/mol. The van der Waals surface area contributed by atoms with E-state index in [1.54, 1.807) is 0 Å². The molecule has 1 aliphatic carbocycles. The molecule has 3 heteroatoms. The van der Waals surface area contributed by atoms with Crippen LogP contribution in [-0.2, 0) is 4.74 Å². The van der Waals surface area contributed by atoms with Gasteiger partial charge in [-0.2, -0.15) is 0 Å². The largest absolute Gasteiger partial charge is 0.377 e.